The molecule has 1 aliphatic rings. The number of nitrogens with zero attached hydrogens (tertiary/aromatic N) is 2. The summed E-state index contributed by atoms with van der Waals surface area (Å²) in [6.45, 7) is 4.92. The van der Waals surface area contributed by atoms with Crippen molar-refractivity contribution in [3.63, 3.8) is 0 Å². The van der Waals surface area contributed by atoms with Crippen molar-refractivity contribution < 1.29 is 9.90 Å². The SMILES string of the molecule is CCCCCCCCN1C(=O)c2n[nH]c(C)c2C1c1ccc(O)cc1. The first-order valence-electron chi connectivity index (χ1n) is 9.28. The van der Waals surface area contributed by atoms with Crippen molar-refractivity contribution in [2.24, 2.45) is 0 Å². The van der Waals surface area contributed by atoms with Crippen molar-refractivity contribution in [3.8, 4) is 5.75 Å². The third-order valence-corrected chi connectivity index (χ3v) is 5.00. The lowest BCUT2D eigenvalue weighted by atomic mass is 9.99. The zero-order valence-corrected chi connectivity index (χ0v) is 15.1. The molecule has 2 aromatic rings. The smallest absolute Gasteiger partial charge is 0.275 e. The van der Waals surface area contributed by atoms with Gasteiger partial charge in [0.1, 0.15) is 5.75 Å². The van der Waals surface area contributed by atoms with Crippen LogP contribution < -0.4 is 0 Å². The Kier molecular flexibility index (Phi) is 5.41. The van der Waals surface area contributed by atoms with Gasteiger partial charge in [-0.15, -0.1) is 0 Å². The molecule has 0 saturated carbocycles. The van der Waals surface area contributed by atoms with E-state index in [1.165, 1.54) is 25.7 Å². The van der Waals surface area contributed by atoms with Crippen LogP contribution in [0, 0.1) is 6.92 Å². The van der Waals surface area contributed by atoms with Crippen LogP contribution >= 0.6 is 0 Å². The number of hydrogen-bond acceptors (Lipinski definition) is 3. The number of H-pyrrole nitrogens is 1. The zero-order chi connectivity index (χ0) is 17.8. The maximum Gasteiger partial charge on any atom is 0.275 e. The van der Waals surface area contributed by atoms with Crippen LogP contribution in [0.4, 0.5) is 0 Å². The van der Waals surface area contributed by atoms with Gasteiger partial charge in [-0.05, 0) is 31.0 Å². The Labute approximate surface area is 149 Å². The molecule has 1 amide bonds. The normalized spacial score (nSPS) is 16.5. The van der Waals surface area contributed by atoms with E-state index >= 15 is 0 Å². The molecule has 0 spiro atoms. The van der Waals surface area contributed by atoms with E-state index in [1.807, 2.05) is 24.0 Å². The lowest BCUT2D eigenvalue weighted by molar-refractivity contribution is 0.0740. The van der Waals surface area contributed by atoms with E-state index in [-0.39, 0.29) is 17.7 Å². The first-order chi connectivity index (χ1) is 12.1. The molecule has 1 atom stereocenters. The molecule has 0 aliphatic carbocycles. The summed E-state index contributed by atoms with van der Waals surface area (Å²) in [6.07, 6.45) is 7.18. The van der Waals surface area contributed by atoms with Crippen LogP contribution in [0.2, 0.25) is 0 Å². The van der Waals surface area contributed by atoms with E-state index in [2.05, 4.69) is 17.1 Å². The van der Waals surface area contributed by atoms with Crippen LogP contribution in [-0.4, -0.2) is 32.7 Å². The number of carbonyl (C=O) groups is 1. The van der Waals surface area contributed by atoms with Gasteiger partial charge in [-0.1, -0.05) is 51.2 Å². The minimum absolute atomic E-state index is 0.00554. The Balaban J connectivity index is 1.76. The van der Waals surface area contributed by atoms with Gasteiger partial charge in [0.15, 0.2) is 5.69 Å². The van der Waals surface area contributed by atoms with Gasteiger partial charge in [-0.2, -0.15) is 5.10 Å². The van der Waals surface area contributed by atoms with Gasteiger partial charge in [0.2, 0.25) is 0 Å². The fourth-order valence-electron chi connectivity index (χ4n) is 3.64. The monoisotopic (exact) mass is 341 g/mol. The predicted octanol–water partition coefficient (Wildman–Crippen LogP) is 4.33. The summed E-state index contributed by atoms with van der Waals surface area (Å²) in [6, 6.07) is 7.02. The van der Waals surface area contributed by atoms with Gasteiger partial charge in [0.05, 0.1) is 6.04 Å². The highest BCUT2D eigenvalue weighted by Crippen LogP contribution is 2.39. The highest BCUT2D eigenvalue weighted by molar-refractivity contribution is 5.98. The summed E-state index contributed by atoms with van der Waals surface area (Å²) in [5.74, 6) is 0.241. The molecule has 5 nitrogen and oxygen atoms in total. The summed E-state index contributed by atoms with van der Waals surface area (Å²) < 4.78 is 0. The Morgan fingerprint density at radius 1 is 1.12 bits per heavy atom. The molecule has 1 aromatic carbocycles. The fourth-order valence-corrected chi connectivity index (χ4v) is 3.64. The summed E-state index contributed by atoms with van der Waals surface area (Å²) >= 11 is 0. The number of rotatable bonds is 8. The third-order valence-electron chi connectivity index (χ3n) is 5.00. The number of unbranched alkanes of at least 4 members (excludes halogenated alkanes) is 5. The molecule has 1 aromatic heterocycles. The van der Waals surface area contributed by atoms with Crippen LogP contribution in [-0.2, 0) is 0 Å². The Bertz CT molecular complexity index is 721. The molecular weight excluding hydrogens is 314 g/mol. The number of carbonyl (C=O) groups excluding carboxylic acids is 1. The molecule has 1 aliphatic heterocycles. The molecule has 0 radical (unpaired) electrons. The number of hydrogen-bond donors (Lipinski definition) is 2. The number of aromatic nitrogens is 2. The fraction of sp³-hybridized carbons (Fsp3) is 0.500. The molecule has 0 fully saturated rings. The Morgan fingerprint density at radius 3 is 2.52 bits per heavy atom. The minimum atomic E-state index is -0.113. The average molecular weight is 341 g/mol. The molecule has 5 heteroatoms. The highest BCUT2D eigenvalue weighted by atomic mass is 16.3. The summed E-state index contributed by atoms with van der Waals surface area (Å²) in [5, 5.41) is 16.7. The van der Waals surface area contributed by atoms with Crippen molar-refractivity contribution in [2.75, 3.05) is 6.54 Å². The second-order valence-corrected chi connectivity index (χ2v) is 6.87. The maximum absolute atomic E-state index is 12.8. The van der Waals surface area contributed by atoms with E-state index in [9.17, 15) is 9.90 Å². The van der Waals surface area contributed by atoms with E-state index in [0.717, 1.165) is 36.2 Å². The Hall–Kier alpha value is -2.30. The maximum atomic E-state index is 12.8. The van der Waals surface area contributed by atoms with Crippen LogP contribution in [0.3, 0.4) is 0 Å². The summed E-state index contributed by atoms with van der Waals surface area (Å²) in [5.41, 5.74) is 3.47. The molecule has 134 valence electrons. The Morgan fingerprint density at radius 2 is 1.80 bits per heavy atom. The standard InChI is InChI=1S/C20H27N3O2/c1-3-4-5-6-7-8-13-23-19(15-9-11-16(24)12-10-15)17-14(2)21-22-18(17)20(23)25/h9-12,19,24H,3-8,13H2,1-2H3,(H,21,22). The molecule has 0 bridgehead atoms. The van der Waals surface area contributed by atoms with Crippen molar-refractivity contribution in [1.29, 1.82) is 0 Å². The summed E-state index contributed by atoms with van der Waals surface area (Å²) in [7, 11) is 0. The number of phenolic OH excluding ortho intramolecular Hbond substituents is 1. The molecule has 0 saturated heterocycles. The second-order valence-electron chi connectivity index (χ2n) is 6.87. The van der Waals surface area contributed by atoms with Crippen LogP contribution in [0.15, 0.2) is 24.3 Å². The van der Waals surface area contributed by atoms with E-state index in [4.69, 9.17) is 0 Å². The molecule has 2 heterocycles. The van der Waals surface area contributed by atoms with Crippen molar-refractivity contribution in [3.05, 3.63) is 46.8 Å². The van der Waals surface area contributed by atoms with Crippen molar-refractivity contribution >= 4 is 5.91 Å². The van der Waals surface area contributed by atoms with Crippen LogP contribution in [0.1, 0.15) is 78.8 Å². The first kappa shape index (κ1) is 17.5. The predicted molar refractivity (Wildman–Crippen MR) is 97.7 cm³/mol. The molecular formula is C20H27N3O2. The summed E-state index contributed by atoms with van der Waals surface area (Å²) in [4.78, 5) is 14.8. The molecule has 3 rings (SSSR count). The molecule has 25 heavy (non-hydrogen) atoms. The number of fused-ring (bicyclic) bond motifs is 1. The molecule has 1 unspecified atom stereocenters. The number of aryl methyl sites for hydroxylation is 1. The number of aromatic amines is 1. The quantitative estimate of drug-likeness (QED) is 0.702. The van der Waals surface area contributed by atoms with E-state index in [1.54, 1.807) is 12.1 Å². The number of benzene rings is 1. The van der Waals surface area contributed by atoms with Gasteiger partial charge < -0.3 is 10.0 Å². The van der Waals surface area contributed by atoms with Gasteiger partial charge >= 0.3 is 0 Å². The molecule has 2 N–H and O–H groups in total. The number of phenols is 1. The van der Waals surface area contributed by atoms with Crippen molar-refractivity contribution in [2.45, 2.75) is 58.4 Å². The number of nitrogens with one attached hydrogen (secondary N) is 1. The van der Waals surface area contributed by atoms with Gasteiger partial charge in [0, 0.05) is 17.8 Å². The van der Waals surface area contributed by atoms with Gasteiger partial charge in [-0.3, -0.25) is 9.89 Å². The van der Waals surface area contributed by atoms with Crippen LogP contribution in [0.25, 0.3) is 0 Å². The van der Waals surface area contributed by atoms with Crippen molar-refractivity contribution in [1.82, 2.24) is 15.1 Å². The largest absolute Gasteiger partial charge is 0.508 e. The van der Waals surface area contributed by atoms with Crippen LogP contribution in [0.5, 0.6) is 5.75 Å². The van der Waals surface area contributed by atoms with Gasteiger partial charge in [0.25, 0.3) is 5.91 Å². The number of aromatic hydroxyl groups is 1. The topological polar surface area (TPSA) is 69.2 Å². The van der Waals surface area contributed by atoms with Gasteiger partial charge in [-0.25, -0.2) is 0 Å². The lowest BCUT2D eigenvalue weighted by Gasteiger charge is -2.26. The van der Waals surface area contributed by atoms with E-state index in [0.29, 0.717) is 5.69 Å². The lowest BCUT2D eigenvalue weighted by Crippen LogP contribution is -2.30. The average Bonchev–Trinajstić information content (AvgIpc) is 3.11. The second kappa shape index (κ2) is 7.72. The first-order valence-corrected chi connectivity index (χ1v) is 9.28. The zero-order valence-electron chi connectivity index (χ0n) is 15.1. The highest BCUT2D eigenvalue weighted by Gasteiger charge is 2.40. The number of amides is 1. The van der Waals surface area contributed by atoms with E-state index < -0.39 is 0 Å². The minimum Gasteiger partial charge on any atom is -0.508 e. The third kappa shape index (κ3) is 3.55.